The van der Waals surface area contributed by atoms with E-state index in [-0.39, 0.29) is 6.03 Å². The van der Waals surface area contributed by atoms with Crippen molar-refractivity contribution in [3.63, 3.8) is 0 Å². The molecule has 3 rings (SSSR count). The summed E-state index contributed by atoms with van der Waals surface area (Å²) in [5.41, 5.74) is 5.64. The molecule has 7 nitrogen and oxygen atoms in total. The van der Waals surface area contributed by atoms with Crippen molar-refractivity contribution >= 4 is 22.8 Å². The Labute approximate surface area is 146 Å². The number of carbonyl (C=O) groups is 1. The second kappa shape index (κ2) is 6.96. The highest BCUT2D eigenvalue weighted by Crippen LogP contribution is 2.26. The van der Waals surface area contributed by atoms with Gasteiger partial charge >= 0.3 is 6.03 Å². The van der Waals surface area contributed by atoms with Crippen molar-refractivity contribution in [2.24, 2.45) is 5.92 Å². The van der Waals surface area contributed by atoms with Gasteiger partial charge in [0.2, 0.25) is 0 Å². The Morgan fingerprint density at radius 1 is 1.32 bits per heavy atom. The maximum atomic E-state index is 12.0. The van der Waals surface area contributed by atoms with E-state index in [1.54, 1.807) is 6.20 Å². The number of rotatable bonds is 5. The van der Waals surface area contributed by atoms with Gasteiger partial charge in [0.15, 0.2) is 5.82 Å². The first-order valence-electron chi connectivity index (χ1n) is 8.55. The normalized spacial score (nSPS) is 11.2. The van der Waals surface area contributed by atoms with Crippen LogP contribution < -0.4 is 10.6 Å². The number of hydrogen-bond acceptors (Lipinski definition) is 3. The largest absolute Gasteiger partial charge is 0.338 e. The van der Waals surface area contributed by atoms with Gasteiger partial charge in [-0.05, 0) is 42.5 Å². The topological polar surface area (TPSA) is 98.5 Å². The summed E-state index contributed by atoms with van der Waals surface area (Å²) in [7, 11) is 0. The van der Waals surface area contributed by atoms with Crippen molar-refractivity contribution in [3.05, 3.63) is 29.5 Å². The second-order valence-corrected chi connectivity index (χ2v) is 6.62. The van der Waals surface area contributed by atoms with E-state index in [9.17, 15) is 4.79 Å². The number of amides is 2. The first-order valence-corrected chi connectivity index (χ1v) is 8.55. The first-order chi connectivity index (χ1) is 12.0. The molecule has 1 aromatic carbocycles. The van der Waals surface area contributed by atoms with Crippen LogP contribution in [0.2, 0.25) is 0 Å². The van der Waals surface area contributed by atoms with Crippen LogP contribution in [0.1, 0.15) is 31.9 Å². The molecule has 2 heterocycles. The average molecular weight is 340 g/mol. The average Bonchev–Trinajstić information content (AvgIpc) is 3.17. The Bertz CT molecular complexity index is 892. The van der Waals surface area contributed by atoms with Crippen LogP contribution in [0.25, 0.3) is 22.6 Å². The summed E-state index contributed by atoms with van der Waals surface area (Å²) in [6.45, 7) is 8.94. The van der Waals surface area contributed by atoms with E-state index in [1.807, 2.05) is 13.8 Å². The van der Waals surface area contributed by atoms with Crippen molar-refractivity contribution in [1.29, 1.82) is 0 Å². The minimum Gasteiger partial charge on any atom is -0.338 e. The number of H-pyrrole nitrogens is 2. The molecule has 2 amide bonds. The van der Waals surface area contributed by atoms with E-state index < -0.39 is 0 Å². The number of benzene rings is 1. The Hall–Kier alpha value is -2.83. The number of aromatic nitrogens is 4. The number of nitrogens with one attached hydrogen (secondary N) is 4. The predicted octanol–water partition coefficient (Wildman–Crippen LogP) is 3.60. The van der Waals surface area contributed by atoms with Crippen molar-refractivity contribution in [3.8, 4) is 11.5 Å². The fraction of sp³-hybridized carbons (Fsp3) is 0.389. The monoisotopic (exact) mass is 340 g/mol. The zero-order valence-corrected chi connectivity index (χ0v) is 15.0. The molecule has 0 aliphatic heterocycles. The number of imidazole rings is 1. The van der Waals surface area contributed by atoms with Gasteiger partial charge in [-0.15, -0.1) is 0 Å². The molecule has 0 radical (unpaired) electrons. The van der Waals surface area contributed by atoms with Gasteiger partial charge < -0.3 is 15.6 Å². The van der Waals surface area contributed by atoms with Crippen LogP contribution in [0.4, 0.5) is 10.5 Å². The molecule has 0 fully saturated rings. The van der Waals surface area contributed by atoms with Crippen molar-refractivity contribution in [1.82, 2.24) is 25.5 Å². The van der Waals surface area contributed by atoms with Crippen LogP contribution >= 0.6 is 0 Å². The van der Waals surface area contributed by atoms with E-state index in [2.05, 4.69) is 56.8 Å². The zero-order valence-electron chi connectivity index (χ0n) is 15.0. The van der Waals surface area contributed by atoms with Gasteiger partial charge in [-0.1, -0.05) is 20.8 Å². The molecule has 0 atom stereocenters. The smallest absolute Gasteiger partial charge is 0.319 e. The molecule has 0 saturated heterocycles. The predicted molar refractivity (Wildman–Crippen MR) is 99.6 cm³/mol. The van der Waals surface area contributed by atoms with E-state index in [1.165, 1.54) is 11.1 Å². The first kappa shape index (κ1) is 17.0. The highest BCUT2D eigenvalue weighted by Gasteiger charge is 2.15. The third kappa shape index (κ3) is 3.65. The minimum absolute atomic E-state index is 0.253. The van der Waals surface area contributed by atoms with E-state index in [0.29, 0.717) is 29.7 Å². The molecular formula is C18H24N6O. The van der Waals surface area contributed by atoms with Crippen molar-refractivity contribution in [2.45, 2.75) is 34.1 Å². The Morgan fingerprint density at radius 2 is 2.12 bits per heavy atom. The number of aromatic amines is 2. The molecular weight excluding hydrogens is 316 g/mol. The lowest BCUT2D eigenvalue weighted by molar-refractivity contribution is 0.251. The molecule has 25 heavy (non-hydrogen) atoms. The molecule has 0 saturated carbocycles. The summed E-state index contributed by atoms with van der Waals surface area (Å²) in [5, 5.41) is 12.6. The summed E-state index contributed by atoms with van der Waals surface area (Å²) in [4.78, 5) is 20.0. The lowest BCUT2D eigenvalue weighted by Crippen LogP contribution is -2.31. The number of aryl methyl sites for hydroxylation is 2. The number of fused-ring (bicyclic) bond motifs is 1. The summed E-state index contributed by atoms with van der Waals surface area (Å²) < 4.78 is 0. The maximum Gasteiger partial charge on any atom is 0.319 e. The number of hydrogen-bond donors (Lipinski definition) is 4. The van der Waals surface area contributed by atoms with E-state index >= 15 is 0 Å². The summed E-state index contributed by atoms with van der Waals surface area (Å²) in [5.74, 6) is 1.04. The van der Waals surface area contributed by atoms with Gasteiger partial charge in [0.25, 0.3) is 0 Å². The number of carbonyl (C=O) groups excluding carboxylic acids is 1. The molecule has 132 valence electrons. The number of anilines is 1. The van der Waals surface area contributed by atoms with Gasteiger partial charge in [0.05, 0.1) is 22.9 Å². The lowest BCUT2D eigenvalue weighted by Gasteiger charge is -2.08. The fourth-order valence-electron chi connectivity index (χ4n) is 2.73. The van der Waals surface area contributed by atoms with Gasteiger partial charge in [0.1, 0.15) is 5.69 Å². The van der Waals surface area contributed by atoms with Crippen molar-refractivity contribution in [2.75, 3.05) is 11.9 Å². The second-order valence-electron chi connectivity index (χ2n) is 6.62. The molecule has 3 aromatic rings. The molecule has 2 aromatic heterocycles. The zero-order chi connectivity index (χ0) is 18.0. The van der Waals surface area contributed by atoms with Gasteiger partial charge in [-0.3, -0.25) is 5.10 Å². The number of nitrogens with zero attached hydrogens (tertiary/aromatic N) is 2. The Morgan fingerprint density at radius 3 is 2.84 bits per heavy atom. The highest BCUT2D eigenvalue weighted by molar-refractivity contribution is 5.93. The number of urea groups is 1. The fourth-order valence-corrected chi connectivity index (χ4v) is 2.73. The third-order valence-electron chi connectivity index (χ3n) is 4.12. The molecule has 0 aliphatic rings. The summed E-state index contributed by atoms with van der Waals surface area (Å²) in [6, 6.07) is 3.95. The van der Waals surface area contributed by atoms with Crippen LogP contribution in [0.15, 0.2) is 18.3 Å². The van der Waals surface area contributed by atoms with Gasteiger partial charge in [0, 0.05) is 6.54 Å². The van der Waals surface area contributed by atoms with Crippen LogP contribution in [-0.4, -0.2) is 32.7 Å². The quantitative estimate of drug-likeness (QED) is 0.571. The molecule has 0 spiro atoms. The van der Waals surface area contributed by atoms with Crippen molar-refractivity contribution < 1.29 is 4.79 Å². The van der Waals surface area contributed by atoms with Gasteiger partial charge in [-0.25, -0.2) is 9.78 Å². The molecule has 7 heteroatoms. The highest BCUT2D eigenvalue weighted by atomic mass is 16.2. The Kier molecular flexibility index (Phi) is 4.74. The summed E-state index contributed by atoms with van der Waals surface area (Å²) in [6.07, 6.45) is 2.55. The Balaban J connectivity index is 1.86. The SMILES string of the molecule is CCc1cc2nc(-c3[nH]ncc3NC(=O)NCC(C)C)[nH]c2cc1C. The van der Waals surface area contributed by atoms with Gasteiger partial charge in [-0.2, -0.15) is 5.10 Å². The van der Waals surface area contributed by atoms with Crippen LogP contribution in [-0.2, 0) is 6.42 Å². The van der Waals surface area contributed by atoms with Crippen LogP contribution in [0.3, 0.4) is 0 Å². The maximum absolute atomic E-state index is 12.0. The van der Waals surface area contributed by atoms with E-state index in [0.717, 1.165) is 17.5 Å². The van der Waals surface area contributed by atoms with Crippen LogP contribution in [0, 0.1) is 12.8 Å². The third-order valence-corrected chi connectivity index (χ3v) is 4.12. The van der Waals surface area contributed by atoms with Crippen LogP contribution in [0.5, 0.6) is 0 Å². The van der Waals surface area contributed by atoms with E-state index in [4.69, 9.17) is 0 Å². The lowest BCUT2D eigenvalue weighted by atomic mass is 10.1. The minimum atomic E-state index is -0.253. The molecule has 0 aliphatic carbocycles. The molecule has 0 bridgehead atoms. The molecule has 0 unspecified atom stereocenters. The standard InChI is InChI=1S/C18H24N6O/c1-5-12-7-14-13(6-11(12)4)21-17(22-14)16-15(9-20-24-16)23-18(25)19-8-10(2)3/h6-7,9-10H,5,8H2,1-4H3,(H,20,24)(H,21,22)(H2,19,23,25). The summed E-state index contributed by atoms with van der Waals surface area (Å²) >= 11 is 0. The molecule has 4 N–H and O–H groups in total.